The molecule has 2 nitrogen and oxygen atoms in total. The van der Waals surface area contributed by atoms with E-state index in [0.717, 1.165) is 5.56 Å². The summed E-state index contributed by atoms with van der Waals surface area (Å²) in [4.78, 5) is 11.9. The summed E-state index contributed by atoms with van der Waals surface area (Å²) in [5.41, 5.74) is 1.55. The van der Waals surface area contributed by atoms with E-state index < -0.39 is 18.7 Å². The SMILES string of the molecule is Cc1ccc(C(=O)C(C)OCCCC(F)(F)F)cc1. The first-order chi connectivity index (χ1) is 8.79. The van der Waals surface area contributed by atoms with Crippen LogP contribution in [0.5, 0.6) is 0 Å². The van der Waals surface area contributed by atoms with Crippen LogP contribution in [0.4, 0.5) is 13.2 Å². The van der Waals surface area contributed by atoms with Crippen molar-refractivity contribution < 1.29 is 22.7 Å². The van der Waals surface area contributed by atoms with Gasteiger partial charge in [0.15, 0.2) is 5.78 Å². The lowest BCUT2D eigenvalue weighted by atomic mass is 10.1. The minimum Gasteiger partial charge on any atom is -0.370 e. The number of hydrogen-bond donors (Lipinski definition) is 0. The second-order valence-corrected chi connectivity index (χ2v) is 4.46. The van der Waals surface area contributed by atoms with E-state index in [-0.39, 0.29) is 18.8 Å². The molecular weight excluding hydrogens is 257 g/mol. The molecule has 0 aromatic heterocycles. The lowest BCUT2D eigenvalue weighted by Crippen LogP contribution is -2.22. The molecule has 0 saturated heterocycles. The van der Waals surface area contributed by atoms with Crippen molar-refractivity contribution in [2.75, 3.05) is 6.61 Å². The number of benzene rings is 1. The smallest absolute Gasteiger partial charge is 0.370 e. The fourth-order valence-corrected chi connectivity index (χ4v) is 1.56. The van der Waals surface area contributed by atoms with Crippen LogP contribution in [0.3, 0.4) is 0 Å². The third-order valence-electron chi connectivity index (χ3n) is 2.68. The molecule has 19 heavy (non-hydrogen) atoms. The van der Waals surface area contributed by atoms with Gasteiger partial charge in [-0.05, 0) is 20.3 Å². The zero-order valence-corrected chi connectivity index (χ0v) is 11.0. The Hall–Kier alpha value is -1.36. The van der Waals surface area contributed by atoms with E-state index in [1.807, 2.05) is 19.1 Å². The maximum Gasteiger partial charge on any atom is 0.389 e. The molecule has 1 rings (SSSR count). The number of alkyl halides is 3. The van der Waals surface area contributed by atoms with Gasteiger partial charge in [0.1, 0.15) is 6.10 Å². The predicted octanol–water partition coefficient (Wildman–Crippen LogP) is 3.93. The Balaban J connectivity index is 2.39. The van der Waals surface area contributed by atoms with E-state index in [2.05, 4.69) is 0 Å². The summed E-state index contributed by atoms with van der Waals surface area (Å²) in [6, 6.07) is 6.99. The molecule has 0 aliphatic carbocycles. The van der Waals surface area contributed by atoms with Gasteiger partial charge < -0.3 is 4.74 Å². The van der Waals surface area contributed by atoms with Crippen molar-refractivity contribution in [3.8, 4) is 0 Å². The monoisotopic (exact) mass is 274 g/mol. The number of ether oxygens (including phenoxy) is 1. The van der Waals surface area contributed by atoms with Crippen LogP contribution in [0.25, 0.3) is 0 Å². The molecule has 106 valence electrons. The molecule has 0 bridgehead atoms. The van der Waals surface area contributed by atoms with E-state index in [4.69, 9.17) is 4.74 Å². The van der Waals surface area contributed by atoms with Crippen molar-refractivity contribution in [2.24, 2.45) is 0 Å². The number of rotatable bonds is 6. The summed E-state index contributed by atoms with van der Waals surface area (Å²) in [7, 11) is 0. The Morgan fingerprint density at radius 2 is 1.84 bits per heavy atom. The van der Waals surface area contributed by atoms with Crippen molar-refractivity contribution in [2.45, 2.75) is 39.0 Å². The van der Waals surface area contributed by atoms with Crippen molar-refractivity contribution in [3.63, 3.8) is 0 Å². The molecule has 1 aromatic rings. The fraction of sp³-hybridized carbons (Fsp3) is 0.500. The van der Waals surface area contributed by atoms with Gasteiger partial charge in [-0.15, -0.1) is 0 Å². The summed E-state index contributed by atoms with van der Waals surface area (Å²) < 4.78 is 40.9. The maximum atomic E-state index is 11.9. The van der Waals surface area contributed by atoms with Crippen LogP contribution in [0.15, 0.2) is 24.3 Å². The predicted molar refractivity (Wildman–Crippen MR) is 66.2 cm³/mol. The van der Waals surface area contributed by atoms with Gasteiger partial charge in [-0.2, -0.15) is 13.2 Å². The molecule has 0 saturated carbocycles. The lowest BCUT2D eigenvalue weighted by Gasteiger charge is -2.13. The molecule has 0 heterocycles. The summed E-state index contributed by atoms with van der Waals surface area (Å²) in [5.74, 6) is -0.216. The van der Waals surface area contributed by atoms with Gasteiger partial charge in [0.2, 0.25) is 0 Å². The van der Waals surface area contributed by atoms with Crippen LogP contribution < -0.4 is 0 Å². The minimum atomic E-state index is -4.17. The van der Waals surface area contributed by atoms with Gasteiger partial charge in [0.25, 0.3) is 0 Å². The van der Waals surface area contributed by atoms with E-state index in [0.29, 0.717) is 5.56 Å². The van der Waals surface area contributed by atoms with Gasteiger partial charge in [-0.25, -0.2) is 0 Å². The molecule has 0 spiro atoms. The van der Waals surface area contributed by atoms with E-state index in [9.17, 15) is 18.0 Å². The van der Waals surface area contributed by atoms with Crippen molar-refractivity contribution >= 4 is 5.78 Å². The van der Waals surface area contributed by atoms with Gasteiger partial charge >= 0.3 is 6.18 Å². The van der Waals surface area contributed by atoms with Gasteiger partial charge in [-0.1, -0.05) is 29.8 Å². The normalized spacial score (nSPS) is 13.3. The maximum absolute atomic E-state index is 11.9. The molecule has 5 heteroatoms. The minimum absolute atomic E-state index is 0.0712. The number of ketones is 1. The van der Waals surface area contributed by atoms with Crippen LogP contribution in [0.2, 0.25) is 0 Å². The average Bonchev–Trinajstić information content (AvgIpc) is 2.33. The first-order valence-corrected chi connectivity index (χ1v) is 6.09. The van der Waals surface area contributed by atoms with Crippen LogP contribution in [-0.4, -0.2) is 24.7 Å². The van der Waals surface area contributed by atoms with Crippen LogP contribution in [0.1, 0.15) is 35.7 Å². The van der Waals surface area contributed by atoms with Gasteiger partial charge in [0, 0.05) is 18.6 Å². The second kappa shape index (κ2) is 6.70. The number of carbonyl (C=O) groups excluding carboxylic acids is 1. The molecule has 0 N–H and O–H groups in total. The van der Waals surface area contributed by atoms with Crippen molar-refractivity contribution in [1.82, 2.24) is 0 Å². The molecule has 0 amide bonds. The Labute approximate surface area is 110 Å². The quantitative estimate of drug-likeness (QED) is 0.580. The first-order valence-electron chi connectivity index (χ1n) is 6.09. The van der Waals surface area contributed by atoms with Gasteiger partial charge in [-0.3, -0.25) is 4.79 Å². The van der Waals surface area contributed by atoms with E-state index >= 15 is 0 Å². The Kier molecular flexibility index (Phi) is 5.54. The molecule has 0 radical (unpaired) electrons. The third kappa shape index (κ3) is 5.87. The molecule has 0 aliphatic rings. The molecule has 0 aliphatic heterocycles. The summed E-state index contributed by atoms with van der Waals surface area (Å²) >= 11 is 0. The zero-order valence-electron chi connectivity index (χ0n) is 11.0. The van der Waals surface area contributed by atoms with Crippen LogP contribution >= 0.6 is 0 Å². The topological polar surface area (TPSA) is 26.3 Å². The number of aryl methyl sites for hydroxylation is 1. The van der Waals surface area contributed by atoms with Crippen molar-refractivity contribution in [3.05, 3.63) is 35.4 Å². The number of carbonyl (C=O) groups is 1. The molecular formula is C14H17F3O2. The highest BCUT2D eigenvalue weighted by Gasteiger charge is 2.26. The summed E-state index contributed by atoms with van der Waals surface area (Å²) in [6.45, 7) is 3.39. The van der Waals surface area contributed by atoms with Crippen LogP contribution in [0, 0.1) is 6.92 Å². The molecule has 1 atom stereocenters. The highest BCUT2D eigenvalue weighted by molar-refractivity contribution is 5.99. The summed E-state index contributed by atoms with van der Waals surface area (Å²) in [5, 5.41) is 0. The number of hydrogen-bond acceptors (Lipinski definition) is 2. The summed E-state index contributed by atoms with van der Waals surface area (Å²) in [6.07, 6.45) is -5.92. The van der Waals surface area contributed by atoms with E-state index in [1.54, 1.807) is 19.1 Å². The molecule has 1 unspecified atom stereocenters. The zero-order chi connectivity index (χ0) is 14.5. The molecule has 0 fully saturated rings. The Morgan fingerprint density at radius 1 is 1.26 bits per heavy atom. The highest BCUT2D eigenvalue weighted by atomic mass is 19.4. The first kappa shape index (κ1) is 15.7. The Morgan fingerprint density at radius 3 is 2.37 bits per heavy atom. The van der Waals surface area contributed by atoms with Crippen molar-refractivity contribution in [1.29, 1.82) is 0 Å². The fourth-order valence-electron chi connectivity index (χ4n) is 1.56. The number of Topliss-reactive ketones (excluding diaryl/α,β-unsaturated/α-hetero) is 1. The third-order valence-corrected chi connectivity index (χ3v) is 2.68. The Bertz CT molecular complexity index is 410. The number of halogens is 3. The molecule has 1 aromatic carbocycles. The largest absolute Gasteiger partial charge is 0.389 e. The highest BCUT2D eigenvalue weighted by Crippen LogP contribution is 2.21. The lowest BCUT2D eigenvalue weighted by molar-refractivity contribution is -0.138. The average molecular weight is 274 g/mol. The standard InChI is InChI=1S/C14H17F3O2/c1-10-4-6-12(7-5-10)13(18)11(2)19-9-3-8-14(15,16)17/h4-7,11H,3,8-9H2,1-2H3. The van der Waals surface area contributed by atoms with Gasteiger partial charge in [0.05, 0.1) is 0 Å². The van der Waals surface area contributed by atoms with Crippen LogP contribution in [-0.2, 0) is 4.74 Å². The van der Waals surface area contributed by atoms with E-state index in [1.165, 1.54) is 0 Å². The second-order valence-electron chi connectivity index (χ2n) is 4.46.